The molecule has 0 aliphatic heterocycles. The van der Waals surface area contributed by atoms with E-state index in [0.717, 1.165) is 17.4 Å². The van der Waals surface area contributed by atoms with Crippen LogP contribution in [0.3, 0.4) is 0 Å². The Morgan fingerprint density at radius 2 is 1.78 bits per heavy atom. The monoisotopic (exact) mass is 260 g/mol. The van der Waals surface area contributed by atoms with Gasteiger partial charge in [0.25, 0.3) is 0 Å². The molecule has 0 aliphatic carbocycles. The smallest absolute Gasteiger partial charge is 0.156 e. The zero-order valence-electron chi connectivity index (χ0n) is 10.2. The van der Waals surface area contributed by atoms with E-state index < -0.39 is 0 Å². The van der Waals surface area contributed by atoms with Crippen LogP contribution in [-0.4, -0.2) is 6.29 Å². The van der Waals surface area contributed by atoms with E-state index >= 15 is 0 Å². The second-order valence-electron chi connectivity index (χ2n) is 4.20. The van der Waals surface area contributed by atoms with Gasteiger partial charge in [-0.25, -0.2) is 0 Å². The lowest BCUT2D eigenvalue weighted by Gasteiger charge is -2.11. The maximum atomic E-state index is 11.0. The van der Waals surface area contributed by atoms with Gasteiger partial charge in [-0.15, -0.1) is 0 Å². The lowest BCUT2D eigenvalue weighted by atomic mass is 10.1. The van der Waals surface area contributed by atoms with Crippen molar-refractivity contribution in [1.82, 2.24) is 0 Å². The van der Waals surface area contributed by atoms with Gasteiger partial charge in [-0.05, 0) is 49.2 Å². The number of hydrogen-bond donors (Lipinski definition) is 0. The van der Waals surface area contributed by atoms with E-state index in [0.29, 0.717) is 22.1 Å². The van der Waals surface area contributed by atoms with Crippen LogP contribution in [0.25, 0.3) is 0 Å². The van der Waals surface area contributed by atoms with E-state index in [1.807, 2.05) is 26.0 Å². The summed E-state index contributed by atoms with van der Waals surface area (Å²) in [5.74, 6) is 1.09. The fraction of sp³-hybridized carbons (Fsp3) is 0.133. The van der Waals surface area contributed by atoms with Crippen molar-refractivity contribution in [2.45, 2.75) is 13.8 Å². The topological polar surface area (TPSA) is 26.3 Å². The zero-order chi connectivity index (χ0) is 13.1. The van der Waals surface area contributed by atoms with Crippen molar-refractivity contribution in [2.24, 2.45) is 0 Å². The van der Waals surface area contributed by atoms with Crippen molar-refractivity contribution in [3.05, 3.63) is 58.1 Å². The number of rotatable bonds is 3. The molecule has 2 rings (SSSR count). The van der Waals surface area contributed by atoms with Gasteiger partial charge in [-0.2, -0.15) is 0 Å². The average molecular weight is 261 g/mol. The second kappa shape index (κ2) is 5.23. The van der Waals surface area contributed by atoms with Crippen LogP contribution in [0.5, 0.6) is 11.5 Å². The molecule has 3 heteroatoms. The predicted molar refractivity (Wildman–Crippen MR) is 72.8 cm³/mol. The zero-order valence-corrected chi connectivity index (χ0v) is 11.0. The molecule has 0 aliphatic rings. The molecule has 0 fully saturated rings. The summed E-state index contributed by atoms with van der Waals surface area (Å²) >= 11 is 6.05. The van der Waals surface area contributed by atoms with Gasteiger partial charge in [0.2, 0.25) is 0 Å². The lowest BCUT2D eigenvalue weighted by Crippen LogP contribution is -1.92. The highest BCUT2D eigenvalue weighted by atomic mass is 35.5. The number of benzene rings is 2. The first-order chi connectivity index (χ1) is 8.60. The Labute approximate surface area is 111 Å². The van der Waals surface area contributed by atoms with Crippen molar-refractivity contribution in [2.75, 3.05) is 0 Å². The highest BCUT2D eigenvalue weighted by Crippen LogP contribution is 2.32. The number of carbonyl (C=O) groups excluding carboxylic acids is 1. The Kier molecular flexibility index (Phi) is 3.68. The largest absolute Gasteiger partial charge is 0.455 e. The standard InChI is InChI=1S/C15H13ClO2/c1-10-6-11(2)8-13(7-10)18-15-12(9-17)4-3-5-14(15)16/h3-9H,1-2H3. The number of ether oxygens (including phenoxy) is 1. The van der Waals surface area contributed by atoms with Gasteiger partial charge >= 0.3 is 0 Å². The average Bonchev–Trinajstić information content (AvgIpc) is 2.30. The van der Waals surface area contributed by atoms with Crippen LogP contribution in [0.1, 0.15) is 21.5 Å². The Hall–Kier alpha value is -1.80. The molecule has 2 aromatic carbocycles. The highest BCUT2D eigenvalue weighted by molar-refractivity contribution is 6.32. The minimum Gasteiger partial charge on any atom is -0.455 e. The van der Waals surface area contributed by atoms with Gasteiger partial charge in [-0.1, -0.05) is 23.7 Å². The highest BCUT2D eigenvalue weighted by Gasteiger charge is 2.09. The molecule has 0 N–H and O–H groups in total. The molecule has 0 saturated carbocycles. The molecule has 0 amide bonds. The molecule has 0 aromatic heterocycles. The lowest BCUT2D eigenvalue weighted by molar-refractivity contribution is 0.112. The van der Waals surface area contributed by atoms with Crippen molar-refractivity contribution in [1.29, 1.82) is 0 Å². The Morgan fingerprint density at radius 1 is 1.11 bits per heavy atom. The third-order valence-electron chi connectivity index (χ3n) is 2.54. The van der Waals surface area contributed by atoms with Crippen LogP contribution in [0.4, 0.5) is 0 Å². The summed E-state index contributed by atoms with van der Waals surface area (Å²) in [4.78, 5) is 11.0. The fourth-order valence-corrected chi connectivity index (χ4v) is 2.06. The van der Waals surface area contributed by atoms with Crippen LogP contribution >= 0.6 is 11.6 Å². The SMILES string of the molecule is Cc1cc(C)cc(Oc2c(Cl)cccc2C=O)c1. The van der Waals surface area contributed by atoms with Crippen molar-refractivity contribution < 1.29 is 9.53 Å². The third-order valence-corrected chi connectivity index (χ3v) is 2.84. The molecular weight excluding hydrogens is 248 g/mol. The van der Waals surface area contributed by atoms with E-state index in [4.69, 9.17) is 16.3 Å². The summed E-state index contributed by atoms with van der Waals surface area (Å²) in [7, 11) is 0. The van der Waals surface area contributed by atoms with Crippen LogP contribution in [0.15, 0.2) is 36.4 Å². The number of halogens is 1. The van der Waals surface area contributed by atoms with Gasteiger partial charge in [-0.3, -0.25) is 4.79 Å². The van der Waals surface area contributed by atoms with Crippen molar-refractivity contribution in [3.8, 4) is 11.5 Å². The van der Waals surface area contributed by atoms with Crippen LogP contribution in [-0.2, 0) is 0 Å². The normalized spacial score (nSPS) is 10.2. The quantitative estimate of drug-likeness (QED) is 0.756. The van der Waals surface area contributed by atoms with Gasteiger partial charge < -0.3 is 4.74 Å². The van der Waals surface area contributed by atoms with E-state index in [2.05, 4.69) is 6.07 Å². The molecule has 18 heavy (non-hydrogen) atoms. The number of carbonyl (C=O) groups is 1. The molecule has 0 atom stereocenters. The number of para-hydroxylation sites is 1. The predicted octanol–water partition coefficient (Wildman–Crippen LogP) is 4.56. The van der Waals surface area contributed by atoms with Crippen LogP contribution in [0, 0.1) is 13.8 Å². The first-order valence-electron chi connectivity index (χ1n) is 5.60. The summed E-state index contributed by atoms with van der Waals surface area (Å²) in [6.07, 6.45) is 0.740. The molecule has 2 nitrogen and oxygen atoms in total. The van der Waals surface area contributed by atoms with Crippen LogP contribution < -0.4 is 4.74 Å². The summed E-state index contributed by atoms with van der Waals surface area (Å²) in [5, 5.41) is 0.429. The molecule has 92 valence electrons. The Bertz CT molecular complexity index is 571. The van der Waals surface area contributed by atoms with Gasteiger partial charge in [0.05, 0.1) is 10.6 Å². The fourth-order valence-electron chi connectivity index (χ4n) is 1.84. The molecule has 0 unspecified atom stereocenters. The number of aryl methyl sites for hydroxylation is 2. The first-order valence-corrected chi connectivity index (χ1v) is 5.98. The van der Waals surface area contributed by atoms with E-state index in [1.54, 1.807) is 18.2 Å². The first kappa shape index (κ1) is 12.7. The van der Waals surface area contributed by atoms with Crippen molar-refractivity contribution >= 4 is 17.9 Å². The summed E-state index contributed by atoms with van der Waals surface area (Å²) in [6, 6.07) is 11.0. The summed E-state index contributed by atoms with van der Waals surface area (Å²) in [5.41, 5.74) is 2.65. The molecule has 0 heterocycles. The minimum absolute atomic E-state index is 0.402. The molecular formula is C15H13ClO2. The van der Waals surface area contributed by atoms with Crippen LogP contribution in [0.2, 0.25) is 5.02 Å². The third kappa shape index (κ3) is 2.71. The molecule has 0 spiro atoms. The summed E-state index contributed by atoms with van der Waals surface area (Å²) in [6.45, 7) is 3.99. The molecule has 0 radical (unpaired) electrons. The Morgan fingerprint density at radius 3 is 2.39 bits per heavy atom. The van der Waals surface area contributed by atoms with Gasteiger partial charge in [0, 0.05) is 0 Å². The van der Waals surface area contributed by atoms with Gasteiger partial charge in [0.15, 0.2) is 12.0 Å². The number of aldehydes is 1. The number of hydrogen-bond acceptors (Lipinski definition) is 2. The molecule has 2 aromatic rings. The maximum Gasteiger partial charge on any atom is 0.156 e. The minimum atomic E-state index is 0.402. The van der Waals surface area contributed by atoms with Crippen molar-refractivity contribution in [3.63, 3.8) is 0 Å². The van der Waals surface area contributed by atoms with E-state index in [-0.39, 0.29) is 0 Å². The van der Waals surface area contributed by atoms with Gasteiger partial charge in [0.1, 0.15) is 5.75 Å². The van der Waals surface area contributed by atoms with E-state index in [9.17, 15) is 4.79 Å². The molecule has 0 saturated heterocycles. The maximum absolute atomic E-state index is 11.0. The Balaban J connectivity index is 2.42. The second-order valence-corrected chi connectivity index (χ2v) is 4.61. The molecule has 0 bridgehead atoms. The van der Waals surface area contributed by atoms with E-state index in [1.165, 1.54) is 0 Å². The summed E-state index contributed by atoms with van der Waals surface area (Å²) < 4.78 is 5.73.